The Kier molecular flexibility index (Phi) is 10.3. The van der Waals surface area contributed by atoms with E-state index < -0.39 is 6.09 Å². The lowest BCUT2D eigenvalue weighted by atomic mass is 10.1. The lowest BCUT2D eigenvalue weighted by Gasteiger charge is -2.36. The predicted octanol–water partition coefficient (Wildman–Crippen LogP) is 4.46. The molecule has 2 amide bonds. The summed E-state index contributed by atoms with van der Waals surface area (Å²) in [6, 6.07) is 25.9. The molecule has 2 heterocycles. The Morgan fingerprint density at radius 1 is 0.881 bits per heavy atom. The Hall–Kier alpha value is -4.08. The molecule has 1 unspecified atom stereocenters. The average Bonchev–Trinajstić information content (AvgIpc) is 3.45. The van der Waals surface area contributed by atoms with E-state index in [1.807, 2.05) is 49.4 Å². The van der Waals surface area contributed by atoms with E-state index in [1.165, 1.54) is 5.56 Å². The van der Waals surface area contributed by atoms with Crippen molar-refractivity contribution in [3.05, 3.63) is 90.0 Å². The molecule has 5 rings (SSSR count). The van der Waals surface area contributed by atoms with Crippen molar-refractivity contribution in [1.29, 1.82) is 0 Å². The van der Waals surface area contributed by atoms with E-state index in [9.17, 15) is 9.59 Å². The summed E-state index contributed by atoms with van der Waals surface area (Å²) in [6.07, 6.45) is 0.476. The molecule has 2 N–H and O–H groups in total. The van der Waals surface area contributed by atoms with Crippen LogP contribution in [0.5, 0.6) is 5.75 Å². The normalized spacial score (nSPS) is 17.5. The summed E-state index contributed by atoms with van der Waals surface area (Å²) in [5.41, 5.74) is 3.65. The second kappa shape index (κ2) is 14.7. The Balaban J connectivity index is 1.03. The van der Waals surface area contributed by atoms with Crippen LogP contribution in [-0.4, -0.2) is 86.9 Å². The van der Waals surface area contributed by atoms with Crippen LogP contribution < -0.4 is 20.3 Å². The van der Waals surface area contributed by atoms with Gasteiger partial charge in [0.2, 0.25) is 0 Å². The van der Waals surface area contributed by atoms with Crippen molar-refractivity contribution in [1.82, 2.24) is 15.1 Å². The number of hydrogen-bond donors (Lipinski definition) is 2. The fourth-order valence-electron chi connectivity index (χ4n) is 5.54. The number of nitrogens with one attached hydrogen (secondary N) is 2. The first-order chi connectivity index (χ1) is 20.6. The Bertz CT molecular complexity index is 1310. The van der Waals surface area contributed by atoms with E-state index in [1.54, 1.807) is 6.07 Å². The lowest BCUT2D eigenvalue weighted by Crippen LogP contribution is -2.47. The Labute approximate surface area is 248 Å². The highest BCUT2D eigenvalue weighted by atomic mass is 16.5. The van der Waals surface area contributed by atoms with Gasteiger partial charge in [-0.2, -0.15) is 0 Å². The van der Waals surface area contributed by atoms with Gasteiger partial charge < -0.3 is 19.7 Å². The van der Waals surface area contributed by atoms with Gasteiger partial charge in [-0.15, -0.1) is 0 Å². The van der Waals surface area contributed by atoms with Crippen LogP contribution in [0.4, 0.5) is 16.2 Å². The van der Waals surface area contributed by atoms with Crippen molar-refractivity contribution >= 4 is 23.4 Å². The van der Waals surface area contributed by atoms with Gasteiger partial charge in [-0.25, -0.2) is 4.79 Å². The first kappa shape index (κ1) is 29.4. The van der Waals surface area contributed by atoms with Gasteiger partial charge in [0.1, 0.15) is 12.4 Å². The van der Waals surface area contributed by atoms with Gasteiger partial charge in [0.15, 0.2) is 0 Å². The molecule has 0 saturated carbocycles. The summed E-state index contributed by atoms with van der Waals surface area (Å²) in [5.74, 6) is 0.611. The van der Waals surface area contributed by atoms with Gasteiger partial charge >= 0.3 is 6.09 Å². The van der Waals surface area contributed by atoms with Gasteiger partial charge in [0.05, 0.1) is 12.3 Å². The lowest BCUT2D eigenvalue weighted by molar-refractivity contribution is 0.0937. The maximum Gasteiger partial charge on any atom is 0.411 e. The minimum Gasteiger partial charge on any atom is -0.492 e. The maximum absolute atomic E-state index is 13.1. The molecule has 222 valence electrons. The van der Waals surface area contributed by atoms with Gasteiger partial charge in [0, 0.05) is 69.7 Å². The summed E-state index contributed by atoms with van der Waals surface area (Å²) >= 11 is 0. The van der Waals surface area contributed by atoms with E-state index in [0.717, 1.165) is 57.9 Å². The quantitative estimate of drug-likeness (QED) is 0.352. The molecule has 1 atom stereocenters. The molecular formula is C33H41N5O4. The molecule has 2 fully saturated rings. The molecule has 42 heavy (non-hydrogen) atoms. The molecule has 2 saturated heterocycles. The molecule has 0 aromatic heterocycles. The van der Waals surface area contributed by atoms with Crippen molar-refractivity contribution in [3.63, 3.8) is 0 Å². The Morgan fingerprint density at radius 2 is 1.67 bits per heavy atom. The van der Waals surface area contributed by atoms with Gasteiger partial charge in [-0.05, 0) is 49.2 Å². The van der Waals surface area contributed by atoms with Crippen LogP contribution in [0.2, 0.25) is 0 Å². The molecule has 0 radical (unpaired) electrons. The second-order valence-electron chi connectivity index (χ2n) is 10.7. The second-order valence-corrected chi connectivity index (χ2v) is 10.7. The van der Waals surface area contributed by atoms with Crippen LogP contribution in [0.15, 0.2) is 78.9 Å². The standard InChI is InChI=1S/C33H41N5O4/c1-2-41-31-14-7-6-13-30(31)35-33(40)42-22-21-36-17-19-38(20-18-36)29-12-8-11-27(23-29)32(39)34-28-15-16-37(25-28)24-26-9-4-3-5-10-26/h3-14,23,28H,2,15-22,24-25H2,1H3,(H,34,39)(H,35,40). The average molecular weight is 572 g/mol. The number of nitrogens with zero attached hydrogens (tertiary/aromatic N) is 3. The number of amides is 2. The molecular weight excluding hydrogens is 530 g/mol. The third-order valence-corrected chi connectivity index (χ3v) is 7.77. The Morgan fingerprint density at radius 3 is 2.48 bits per heavy atom. The topological polar surface area (TPSA) is 86.4 Å². The number of carbonyl (C=O) groups is 2. The molecule has 2 aliphatic rings. The monoisotopic (exact) mass is 571 g/mol. The smallest absolute Gasteiger partial charge is 0.411 e. The van der Waals surface area contributed by atoms with Crippen molar-refractivity contribution in [2.45, 2.75) is 25.9 Å². The first-order valence-corrected chi connectivity index (χ1v) is 14.9. The number of rotatable bonds is 11. The highest BCUT2D eigenvalue weighted by Crippen LogP contribution is 2.24. The predicted molar refractivity (Wildman–Crippen MR) is 165 cm³/mol. The van der Waals surface area contributed by atoms with Crippen molar-refractivity contribution in [2.24, 2.45) is 0 Å². The van der Waals surface area contributed by atoms with Crippen LogP contribution in [0.25, 0.3) is 0 Å². The fourth-order valence-corrected chi connectivity index (χ4v) is 5.54. The third-order valence-electron chi connectivity index (χ3n) is 7.77. The van der Waals surface area contributed by atoms with Crippen LogP contribution in [0, 0.1) is 0 Å². The number of para-hydroxylation sites is 2. The number of hydrogen-bond acceptors (Lipinski definition) is 7. The highest BCUT2D eigenvalue weighted by molar-refractivity contribution is 5.95. The largest absolute Gasteiger partial charge is 0.492 e. The summed E-state index contributed by atoms with van der Waals surface area (Å²) in [5, 5.41) is 6.01. The zero-order valence-electron chi connectivity index (χ0n) is 24.3. The van der Waals surface area contributed by atoms with E-state index in [0.29, 0.717) is 36.8 Å². The van der Waals surface area contributed by atoms with Crippen molar-refractivity contribution < 1.29 is 19.1 Å². The molecule has 3 aromatic carbocycles. The minimum absolute atomic E-state index is 0.0126. The van der Waals surface area contributed by atoms with Crippen LogP contribution in [0.1, 0.15) is 29.3 Å². The summed E-state index contributed by atoms with van der Waals surface area (Å²) in [6.45, 7) is 9.56. The molecule has 9 heteroatoms. The van der Waals surface area contributed by atoms with E-state index in [-0.39, 0.29) is 11.9 Å². The number of likely N-dealkylation sites (tertiary alicyclic amines) is 1. The van der Waals surface area contributed by atoms with Gasteiger partial charge in [-0.1, -0.05) is 48.5 Å². The summed E-state index contributed by atoms with van der Waals surface area (Å²) in [7, 11) is 0. The van der Waals surface area contributed by atoms with Gasteiger partial charge in [-0.3, -0.25) is 19.9 Å². The maximum atomic E-state index is 13.1. The van der Waals surface area contributed by atoms with Crippen LogP contribution in [-0.2, 0) is 11.3 Å². The van der Waals surface area contributed by atoms with Gasteiger partial charge in [0.25, 0.3) is 5.91 Å². The number of benzene rings is 3. The molecule has 2 aliphatic heterocycles. The van der Waals surface area contributed by atoms with Crippen LogP contribution in [0.3, 0.4) is 0 Å². The fraction of sp³-hybridized carbons (Fsp3) is 0.394. The molecule has 0 bridgehead atoms. The van der Waals surface area contributed by atoms with Crippen molar-refractivity contribution in [3.8, 4) is 5.75 Å². The molecule has 0 spiro atoms. The first-order valence-electron chi connectivity index (χ1n) is 14.9. The van der Waals surface area contributed by atoms with Crippen LogP contribution >= 0.6 is 0 Å². The number of carbonyl (C=O) groups excluding carboxylic acids is 2. The zero-order chi connectivity index (χ0) is 29.1. The van der Waals surface area contributed by atoms with E-state index in [4.69, 9.17) is 9.47 Å². The third kappa shape index (κ3) is 8.24. The van der Waals surface area contributed by atoms with E-state index in [2.05, 4.69) is 55.7 Å². The highest BCUT2D eigenvalue weighted by Gasteiger charge is 2.25. The molecule has 9 nitrogen and oxygen atoms in total. The molecule has 0 aliphatic carbocycles. The SMILES string of the molecule is CCOc1ccccc1NC(=O)OCCN1CCN(c2cccc(C(=O)NC3CCN(Cc4ccccc4)C3)c2)CC1. The van der Waals surface area contributed by atoms with Crippen molar-refractivity contribution in [2.75, 3.05) is 69.2 Å². The minimum atomic E-state index is -0.489. The number of piperazine rings is 1. The number of ether oxygens (including phenoxy) is 2. The molecule has 3 aromatic rings. The van der Waals surface area contributed by atoms with E-state index >= 15 is 0 Å². The summed E-state index contributed by atoms with van der Waals surface area (Å²) in [4.78, 5) is 32.4. The number of anilines is 2. The summed E-state index contributed by atoms with van der Waals surface area (Å²) < 4.78 is 11.0. The zero-order valence-corrected chi connectivity index (χ0v) is 24.3.